The summed E-state index contributed by atoms with van der Waals surface area (Å²) in [5.41, 5.74) is 0. The van der Waals surface area contributed by atoms with Crippen LogP contribution in [0.15, 0.2) is 0 Å². The highest BCUT2D eigenvalue weighted by molar-refractivity contribution is 5.73. The summed E-state index contributed by atoms with van der Waals surface area (Å²) in [4.78, 5) is 22.0. The molecule has 0 aliphatic carbocycles. The monoisotopic (exact) mass is 224 g/mol. The van der Waals surface area contributed by atoms with Gasteiger partial charge in [-0.3, -0.25) is 4.79 Å². The van der Waals surface area contributed by atoms with Crippen LogP contribution in [0, 0.1) is 0 Å². The summed E-state index contributed by atoms with van der Waals surface area (Å²) in [7, 11) is 1.25. The number of alkyl halides is 2. The van der Waals surface area contributed by atoms with Gasteiger partial charge in [-0.25, -0.2) is 13.6 Å². The molecule has 0 saturated heterocycles. The lowest BCUT2D eigenvalue weighted by Gasteiger charge is -2.16. The molecule has 0 aromatic carbocycles. The van der Waals surface area contributed by atoms with Crippen molar-refractivity contribution in [1.29, 1.82) is 0 Å². The maximum atomic E-state index is 11.8. The first-order valence-electron chi connectivity index (χ1n) is 4.42. The number of hydrogen-bond donors (Lipinski definition) is 2. The molecule has 15 heavy (non-hydrogen) atoms. The second-order valence-electron chi connectivity index (χ2n) is 3.00. The lowest BCUT2D eigenvalue weighted by atomic mass is 10.3. The molecule has 0 heterocycles. The van der Waals surface area contributed by atoms with Crippen molar-refractivity contribution in [2.75, 3.05) is 20.1 Å². The fraction of sp³-hybridized carbons (Fsp3) is 0.750. The van der Waals surface area contributed by atoms with Crippen LogP contribution in [0.5, 0.6) is 0 Å². The lowest BCUT2D eigenvalue weighted by molar-refractivity contribution is -0.137. The van der Waals surface area contributed by atoms with Crippen LogP contribution < -0.4 is 5.32 Å². The van der Waals surface area contributed by atoms with E-state index in [1.54, 1.807) is 0 Å². The number of urea groups is 1. The maximum absolute atomic E-state index is 11.8. The molecule has 0 rings (SSSR count). The van der Waals surface area contributed by atoms with Crippen molar-refractivity contribution in [2.24, 2.45) is 0 Å². The third-order valence-corrected chi connectivity index (χ3v) is 1.60. The van der Waals surface area contributed by atoms with Gasteiger partial charge >= 0.3 is 12.0 Å². The molecule has 0 aromatic rings. The number of amides is 2. The highest BCUT2D eigenvalue weighted by atomic mass is 19.3. The number of carboxylic acid groups (broad SMARTS) is 1. The van der Waals surface area contributed by atoms with E-state index in [0.717, 1.165) is 4.90 Å². The van der Waals surface area contributed by atoms with E-state index in [4.69, 9.17) is 5.11 Å². The number of rotatable bonds is 6. The maximum Gasteiger partial charge on any atom is 0.317 e. The van der Waals surface area contributed by atoms with Gasteiger partial charge in [0.05, 0.1) is 6.54 Å². The fourth-order valence-electron chi connectivity index (χ4n) is 0.860. The smallest absolute Gasteiger partial charge is 0.317 e. The van der Waals surface area contributed by atoms with Crippen LogP contribution in [0.4, 0.5) is 13.6 Å². The zero-order valence-corrected chi connectivity index (χ0v) is 8.37. The lowest BCUT2D eigenvalue weighted by Crippen LogP contribution is -2.40. The second kappa shape index (κ2) is 6.97. The molecule has 0 aliphatic heterocycles. The molecular formula is C8H14F2N2O3. The molecule has 7 heteroatoms. The van der Waals surface area contributed by atoms with Crippen LogP contribution in [-0.2, 0) is 4.79 Å². The number of carbonyl (C=O) groups excluding carboxylic acids is 1. The van der Waals surface area contributed by atoms with Gasteiger partial charge in [0.15, 0.2) is 0 Å². The van der Waals surface area contributed by atoms with E-state index < -0.39 is 25.0 Å². The summed E-state index contributed by atoms with van der Waals surface area (Å²) in [5.74, 6) is -0.954. The van der Waals surface area contributed by atoms with E-state index in [2.05, 4.69) is 5.32 Å². The normalized spacial score (nSPS) is 10.1. The molecule has 0 atom stereocenters. The van der Waals surface area contributed by atoms with Gasteiger partial charge in [-0.05, 0) is 6.42 Å². The van der Waals surface area contributed by atoms with Gasteiger partial charge in [-0.2, -0.15) is 0 Å². The molecule has 2 N–H and O–H groups in total. The van der Waals surface area contributed by atoms with E-state index in [0.29, 0.717) is 0 Å². The Morgan fingerprint density at radius 1 is 1.47 bits per heavy atom. The van der Waals surface area contributed by atoms with E-state index in [9.17, 15) is 18.4 Å². The summed E-state index contributed by atoms with van der Waals surface area (Å²) >= 11 is 0. The van der Waals surface area contributed by atoms with Crippen molar-refractivity contribution in [2.45, 2.75) is 19.3 Å². The van der Waals surface area contributed by atoms with Crippen molar-refractivity contribution < 1.29 is 23.5 Å². The zero-order valence-electron chi connectivity index (χ0n) is 8.37. The Morgan fingerprint density at radius 3 is 2.53 bits per heavy atom. The van der Waals surface area contributed by atoms with Crippen LogP contribution >= 0.6 is 0 Å². The fourth-order valence-corrected chi connectivity index (χ4v) is 0.860. The summed E-state index contributed by atoms with van der Waals surface area (Å²) in [6.07, 6.45) is -2.35. The molecule has 0 fully saturated rings. The van der Waals surface area contributed by atoms with Crippen LogP contribution in [-0.4, -0.2) is 48.6 Å². The molecule has 0 spiro atoms. The number of nitrogens with zero attached hydrogens (tertiary/aromatic N) is 1. The standard InChI is InChI=1S/C8H14F2N2O3/c1-12(5-6(9)10)8(15)11-4-2-3-7(13)14/h6H,2-5H2,1H3,(H,11,15)(H,13,14). The predicted molar refractivity (Wildman–Crippen MR) is 48.9 cm³/mol. The van der Waals surface area contributed by atoms with E-state index in [1.165, 1.54) is 7.05 Å². The zero-order chi connectivity index (χ0) is 11.8. The van der Waals surface area contributed by atoms with Gasteiger partial charge in [0.2, 0.25) is 0 Å². The van der Waals surface area contributed by atoms with Gasteiger partial charge < -0.3 is 15.3 Å². The molecule has 0 aromatic heterocycles. The summed E-state index contributed by atoms with van der Waals surface area (Å²) in [6, 6.07) is -0.624. The molecule has 0 bridgehead atoms. The quantitative estimate of drug-likeness (QED) is 0.654. The van der Waals surface area contributed by atoms with Crippen LogP contribution in [0.3, 0.4) is 0 Å². The van der Waals surface area contributed by atoms with Gasteiger partial charge in [0.1, 0.15) is 0 Å². The average molecular weight is 224 g/mol. The summed E-state index contributed by atoms with van der Waals surface area (Å²) in [6.45, 7) is -0.469. The van der Waals surface area contributed by atoms with Crippen molar-refractivity contribution in [1.82, 2.24) is 10.2 Å². The average Bonchev–Trinajstić information content (AvgIpc) is 2.10. The molecule has 88 valence electrons. The molecule has 0 aliphatic rings. The number of carbonyl (C=O) groups is 2. The highest BCUT2D eigenvalue weighted by Gasteiger charge is 2.12. The van der Waals surface area contributed by atoms with Crippen LogP contribution in [0.1, 0.15) is 12.8 Å². The summed E-state index contributed by atoms with van der Waals surface area (Å²) in [5, 5.41) is 10.6. The number of carboxylic acids is 1. The van der Waals surface area contributed by atoms with E-state index >= 15 is 0 Å². The third-order valence-electron chi connectivity index (χ3n) is 1.60. The van der Waals surface area contributed by atoms with Gasteiger partial charge in [0.25, 0.3) is 6.43 Å². The Labute approximate surface area is 86.1 Å². The molecule has 0 radical (unpaired) electrons. The Morgan fingerprint density at radius 2 is 2.07 bits per heavy atom. The predicted octanol–water partition coefficient (Wildman–Crippen LogP) is 0.758. The summed E-state index contributed by atoms with van der Waals surface area (Å²) < 4.78 is 23.7. The van der Waals surface area contributed by atoms with Gasteiger partial charge in [0, 0.05) is 20.0 Å². The van der Waals surface area contributed by atoms with Crippen molar-refractivity contribution in [3.8, 4) is 0 Å². The largest absolute Gasteiger partial charge is 0.481 e. The van der Waals surface area contributed by atoms with Gasteiger partial charge in [-0.1, -0.05) is 0 Å². The Hall–Kier alpha value is -1.40. The van der Waals surface area contributed by atoms with Crippen LogP contribution in [0.25, 0.3) is 0 Å². The van der Waals surface area contributed by atoms with E-state index in [1.807, 2.05) is 0 Å². The van der Waals surface area contributed by atoms with Crippen molar-refractivity contribution in [3.63, 3.8) is 0 Å². The van der Waals surface area contributed by atoms with Crippen molar-refractivity contribution in [3.05, 3.63) is 0 Å². The Bertz CT molecular complexity index is 224. The van der Waals surface area contributed by atoms with Crippen LogP contribution in [0.2, 0.25) is 0 Å². The Kier molecular flexibility index (Phi) is 6.32. The number of halogens is 2. The highest BCUT2D eigenvalue weighted by Crippen LogP contribution is 1.96. The first-order chi connectivity index (χ1) is 6.93. The molecular weight excluding hydrogens is 210 g/mol. The molecule has 2 amide bonds. The molecule has 5 nitrogen and oxygen atoms in total. The molecule has 0 saturated carbocycles. The Balaban J connectivity index is 3.60. The van der Waals surface area contributed by atoms with Crippen molar-refractivity contribution >= 4 is 12.0 Å². The first-order valence-corrected chi connectivity index (χ1v) is 4.42. The number of hydrogen-bond acceptors (Lipinski definition) is 2. The second-order valence-corrected chi connectivity index (χ2v) is 3.00. The molecule has 0 unspecified atom stereocenters. The van der Waals surface area contributed by atoms with Gasteiger partial charge in [-0.15, -0.1) is 0 Å². The SMILES string of the molecule is CN(CC(F)F)C(=O)NCCCC(=O)O. The third kappa shape index (κ3) is 7.65. The minimum atomic E-state index is -2.57. The number of nitrogens with one attached hydrogen (secondary N) is 1. The minimum Gasteiger partial charge on any atom is -0.481 e. The van der Waals surface area contributed by atoms with E-state index in [-0.39, 0.29) is 19.4 Å². The topological polar surface area (TPSA) is 69.6 Å². The number of aliphatic carboxylic acids is 1. The first kappa shape index (κ1) is 13.6. The minimum absolute atomic E-state index is 0.0567.